The third-order valence-corrected chi connectivity index (χ3v) is 4.82. The number of nitrogens with zero attached hydrogens (tertiary/aromatic N) is 5. The topological polar surface area (TPSA) is 76.8 Å². The summed E-state index contributed by atoms with van der Waals surface area (Å²) in [5.74, 6) is 4.41. The first-order chi connectivity index (χ1) is 13.2. The number of nitrogens with one attached hydrogen (secondary N) is 1. The Labute approximate surface area is 183 Å². The van der Waals surface area contributed by atoms with Crippen LogP contribution in [0.15, 0.2) is 23.2 Å². The van der Waals surface area contributed by atoms with Crippen LogP contribution in [0.3, 0.4) is 0 Å². The number of aromatic nitrogens is 3. The number of aliphatic imine (C=N–C) groups is 1. The maximum absolute atomic E-state index is 5.49. The van der Waals surface area contributed by atoms with Gasteiger partial charge in [-0.2, -0.15) is 0 Å². The number of ether oxygens (including phenoxy) is 2. The molecular weight excluding hydrogens is 471 g/mol. The predicted molar refractivity (Wildman–Crippen MR) is 120 cm³/mol. The highest BCUT2D eigenvalue weighted by Gasteiger charge is 2.17. The number of methoxy groups -OCH3 is 2. The standard InChI is InChI=1S/C19H28N6O2.HI/c1-20-19(21-12-18-23-22-17-7-5-6-10-25(17)18)24(2)13-14-8-9-15(26-3)11-16(14)27-4;/h8-9,11H,5-7,10,12-13H2,1-4H3,(H,20,21);1H. The molecule has 0 aliphatic carbocycles. The first kappa shape index (κ1) is 22.3. The first-order valence-corrected chi connectivity index (χ1v) is 9.20. The zero-order valence-corrected chi connectivity index (χ0v) is 19.3. The number of hydrogen-bond donors (Lipinski definition) is 1. The van der Waals surface area contributed by atoms with E-state index in [1.165, 1.54) is 12.8 Å². The molecule has 0 amide bonds. The van der Waals surface area contributed by atoms with Crippen LogP contribution in [0.4, 0.5) is 0 Å². The van der Waals surface area contributed by atoms with E-state index in [0.717, 1.165) is 47.6 Å². The van der Waals surface area contributed by atoms with E-state index in [9.17, 15) is 0 Å². The SMILES string of the molecule is CN=C(NCc1nnc2n1CCCC2)N(C)Cc1ccc(OC)cc1OC.I. The molecular formula is C19H29IN6O2. The van der Waals surface area contributed by atoms with E-state index in [0.29, 0.717) is 13.1 Å². The first-order valence-electron chi connectivity index (χ1n) is 9.20. The van der Waals surface area contributed by atoms with Crippen molar-refractivity contribution in [3.63, 3.8) is 0 Å². The van der Waals surface area contributed by atoms with Gasteiger partial charge in [0.2, 0.25) is 0 Å². The van der Waals surface area contributed by atoms with Gasteiger partial charge in [0.15, 0.2) is 11.8 Å². The molecule has 1 N–H and O–H groups in total. The van der Waals surface area contributed by atoms with Crippen LogP contribution in [0.1, 0.15) is 30.1 Å². The van der Waals surface area contributed by atoms with Crippen molar-refractivity contribution in [2.45, 2.75) is 38.9 Å². The summed E-state index contributed by atoms with van der Waals surface area (Å²) in [7, 11) is 7.09. The average Bonchev–Trinajstić information content (AvgIpc) is 3.12. The van der Waals surface area contributed by atoms with Crippen LogP contribution in [0, 0.1) is 0 Å². The van der Waals surface area contributed by atoms with Gasteiger partial charge in [0.05, 0.1) is 20.8 Å². The van der Waals surface area contributed by atoms with E-state index in [1.807, 2.05) is 25.2 Å². The van der Waals surface area contributed by atoms with Crippen LogP contribution in [0.2, 0.25) is 0 Å². The van der Waals surface area contributed by atoms with Gasteiger partial charge in [-0.1, -0.05) is 0 Å². The van der Waals surface area contributed by atoms with Crippen LogP contribution < -0.4 is 14.8 Å². The van der Waals surface area contributed by atoms with Crippen LogP contribution >= 0.6 is 24.0 Å². The van der Waals surface area contributed by atoms with E-state index < -0.39 is 0 Å². The minimum absolute atomic E-state index is 0. The van der Waals surface area contributed by atoms with Crippen molar-refractivity contribution in [2.24, 2.45) is 4.99 Å². The number of halogens is 1. The molecule has 0 unspecified atom stereocenters. The molecule has 0 saturated heterocycles. The van der Waals surface area contributed by atoms with Crippen LogP contribution in [0.5, 0.6) is 11.5 Å². The van der Waals surface area contributed by atoms with Crippen LogP contribution in [0.25, 0.3) is 0 Å². The van der Waals surface area contributed by atoms with E-state index in [2.05, 4.69) is 30.0 Å². The van der Waals surface area contributed by atoms with Gasteiger partial charge in [0, 0.05) is 45.2 Å². The molecule has 0 spiro atoms. The summed E-state index contributed by atoms with van der Waals surface area (Å²) < 4.78 is 13.0. The Morgan fingerprint density at radius 1 is 1.25 bits per heavy atom. The quantitative estimate of drug-likeness (QED) is 0.373. The largest absolute Gasteiger partial charge is 0.497 e. The third kappa shape index (κ3) is 5.06. The van der Waals surface area contributed by atoms with E-state index >= 15 is 0 Å². The lowest BCUT2D eigenvalue weighted by atomic mass is 10.1. The van der Waals surface area contributed by atoms with Gasteiger partial charge >= 0.3 is 0 Å². The van der Waals surface area contributed by atoms with Gasteiger partial charge in [0.1, 0.15) is 17.3 Å². The van der Waals surface area contributed by atoms with Crippen molar-refractivity contribution in [1.82, 2.24) is 25.0 Å². The molecule has 1 aromatic carbocycles. The molecule has 0 fully saturated rings. The van der Waals surface area contributed by atoms with Crippen molar-refractivity contribution >= 4 is 29.9 Å². The second-order valence-electron chi connectivity index (χ2n) is 6.58. The molecule has 2 aromatic rings. The van der Waals surface area contributed by atoms with Crippen molar-refractivity contribution in [3.05, 3.63) is 35.4 Å². The number of rotatable bonds is 6. The summed E-state index contributed by atoms with van der Waals surface area (Å²) >= 11 is 0. The normalized spacial score (nSPS) is 13.4. The molecule has 0 saturated carbocycles. The molecule has 0 radical (unpaired) electrons. The minimum Gasteiger partial charge on any atom is -0.497 e. The Morgan fingerprint density at radius 3 is 2.79 bits per heavy atom. The van der Waals surface area contributed by atoms with Crippen molar-refractivity contribution in [2.75, 3.05) is 28.3 Å². The minimum atomic E-state index is 0. The number of guanidine groups is 1. The molecule has 3 rings (SSSR count). The van der Waals surface area contributed by atoms with Gasteiger partial charge < -0.3 is 24.3 Å². The maximum atomic E-state index is 5.49. The molecule has 9 heteroatoms. The summed E-state index contributed by atoms with van der Waals surface area (Å²) in [5, 5.41) is 12.0. The van der Waals surface area contributed by atoms with E-state index in [4.69, 9.17) is 9.47 Å². The Bertz CT molecular complexity index is 808. The maximum Gasteiger partial charge on any atom is 0.194 e. The highest BCUT2D eigenvalue weighted by molar-refractivity contribution is 14.0. The molecule has 2 heterocycles. The smallest absolute Gasteiger partial charge is 0.194 e. The highest BCUT2D eigenvalue weighted by Crippen LogP contribution is 2.25. The fourth-order valence-electron chi connectivity index (χ4n) is 3.35. The zero-order chi connectivity index (χ0) is 19.2. The monoisotopic (exact) mass is 500 g/mol. The third-order valence-electron chi connectivity index (χ3n) is 4.82. The lowest BCUT2D eigenvalue weighted by molar-refractivity contribution is 0.382. The Kier molecular flexibility index (Phi) is 8.34. The van der Waals surface area contributed by atoms with Gasteiger partial charge in [-0.3, -0.25) is 4.99 Å². The van der Waals surface area contributed by atoms with Gasteiger partial charge in [-0.05, 0) is 25.0 Å². The zero-order valence-electron chi connectivity index (χ0n) is 16.9. The Morgan fingerprint density at radius 2 is 2.07 bits per heavy atom. The van der Waals surface area contributed by atoms with Crippen molar-refractivity contribution in [1.29, 1.82) is 0 Å². The van der Waals surface area contributed by atoms with Crippen molar-refractivity contribution < 1.29 is 9.47 Å². The molecule has 0 atom stereocenters. The van der Waals surface area contributed by atoms with Crippen LogP contribution in [-0.4, -0.2) is 53.9 Å². The molecule has 1 aliphatic rings. The summed E-state index contributed by atoms with van der Waals surface area (Å²) in [6.07, 6.45) is 3.39. The van der Waals surface area contributed by atoms with Crippen LogP contribution in [-0.2, 0) is 26.1 Å². The van der Waals surface area contributed by atoms with Gasteiger partial charge in [-0.15, -0.1) is 34.2 Å². The highest BCUT2D eigenvalue weighted by atomic mass is 127. The van der Waals surface area contributed by atoms with E-state index in [1.54, 1.807) is 21.3 Å². The number of hydrogen-bond acceptors (Lipinski definition) is 5. The number of fused-ring (bicyclic) bond motifs is 1. The summed E-state index contributed by atoms with van der Waals surface area (Å²) in [5.41, 5.74) is 1.06. The summed E-state index contributed by atoms with van der Waals surface area (Å²) in [4.78, 5) is 6.45. The summed E-state index contributed by atoms with van der Waals surface area (Å²) in [6.45, 7) is 2.26. The Balaban J connectivity index is 0.00000280. The molecule has 154 valence electrons. The second kappa shape index (κ2) is 10.5. The average molecular weight is 500 g/mol. The molecule has 8 nitrogen and oxygen atoms in total. The number of aryl methyl sites for hydroxylation is 1. The Hall–Kier alpha value is -2.04. The number of benzene rings is 1. The molecule has 1 aliphatic heterocycles. The molecule has 1 aromatic heterocycles. The summed E-state index contributed by atoms with van der Waals surface area (Å²) in [6, 6.07) is 5.84. The lowest BCUT2D eigenvalue weighted by Crippen LogP contribution is -2.38. The van der Waals surface area contributed by atoms with Crippen molar-refractivity contribution in [3.8, 4) is 11.5 Å². The fraction of sp³-hybridized carbons (Fsp3) is 0.526. The molecule has 28 heavy (non-hydrogen) atoms. The van der Waals surface area contributed by atoms with E-state index in [-0.39, 0.29) is 24.0 Å². The fourth-order valence-corrected chi connectivity index (χ4v) is 3.35. The second-order valence-corrected chi connectivity index (χ2v) is 6.58. The molecule has 0 bridgehead atoms. The van der Waals surface area contributed by atoms with Gasteiger partial charge in [0.25, 0.3) is 0 Å². The lowest BCUT2D eigenvalue weighted by Gasteiger charge is -2.23. The predicted octanol–water partition coefficient (Wildman–Crippen LogP) is 2.46. The van der Waals surface area contributed by atoms with Gasteiger partial charge in [-0.25, -0.2) is 0 Å².